The number of fused-ring (bicyclic) bond motifs is 5. The third-order valence-electron chi connectivity index (χ3n) is 13.0. The molecule has 0 aromatic heterocycles. The van der Waals surface area contributed by atoms with Crippen molar-refractivity contribution in [2.75, 3.05) is 7.11 Å². The Morgan fingerprint density at radius 2 is 1.79 bits per heavy atom. The van der Waals surface area contributed by atoms with Gasteiger partial charge in [0.25, 0.3) is 0 Å². The Labute approximate surface area is 255 Å². The molecule has 0 bridgehead atoms. The van der Waals surface area contributed by atoms with E-state index in [4.69, 9.17) is 9.47 Å². The Bertz CT molecular complexity index is 1170. The number of phenolic OH excluding ortho intramolecular Hbond substituents is 1. The van der Waals surface area contributed by atoms with E-state index in [1.807, 2.05) is 0 Å². The van der Waals surface area contributed by atoms with Crippen molar-refractivity contribution in [3.8, 4) is 11.5 Å². The summed E-state index contributed by atoms with van der Waals surface area (Å²) in [4.78, 5) is 12.7. The van der Waals surface area contributed by atoms with Gasteiger partial charge in [-0.05, 0) is 147 Å². The van der Waals surface area contributed by atoms with Gasteiger partial charge in [0.2, 0.25) is 0 Å². The number of esters is 1. The first-order valence-corrected chi connectivity index (χ1v) is 16.9. The summed E-state index contributed by atoms with van der Waals surface area (Å²) in [5.41, 5.74) is 3.10. The average Bonchev–Trinajstić information content (AvgIpc) is 3.32. The van der Waals surface area contributed by atoms with Crippen molar-refractivity contribution in [1.82, 2.24) is 0 Å². The van der Waals surface area contributed by atoms with E-state index in [0.29, 0.717) is 28.4 Å². The molecule has 5 rings (SSSR count). The molecule has 0 saturated heterocycles. The Kier molecular flexibility index (Phi) is 9.22. The average molecular weight is 577 g/mol. The maximum atomic E-state index is 12.7. The second-order valence-corrected chi connectivity index (χ2v) is 15.3. The third-order valence-corrected chi connectivity index (χ3v) is 13.0. The van der Waals surface area contributed by atoms with E-state index in [2.05, 4.69) is 41.2 Å². The maximum absolute atomic E-state index is 12.7. The number of carbonyl (C=O) groups excluding carboxylic acids is 1. The molecule has 4 heteroatoms. The lowest BCUT2D eigenvalue weighted by atomic mass is 9.44. The highest BCUT2D eigenvalue weighted by Crippen LogP contribution is 2.68. The number of hydrogen-bond donors (Lipinski definition) is 1. The van der Waals surface area contributed by atoms with Gasteiger partial charge in [-0.1, -0.05) is 52.8 Å². The van der Waals surface area contributed by atoms with Crippen LogP contribution in [0.2, 0.25) is 0 Å². The van der Waals surface area contributed by atoms with Crippen molar-refractivity contribution in [2.24, 2.45) is 52.3 Å². The van der Waals surface area contributed by atoms with Crippen LogP contribution in [-0.2, 0) is 9.53 Å². The summed E-state index contributed by atoms with van der Waals surface area (Å²) < 4.78 is 11.2. The Morgan fingerprint density at radius 3 is 2.52 bits per heavy atom. The van der Waals surface area contributed by atoms with E-state index in [-0.39, 0.29) is 17.8 Å². The predicted molar refractivity (Wildman–Crippen MR) is 171 cm³/mol. The fourth-order valence-electron chi connectivity index (χ4n) is 10.4. The largest absolute Gasteiger partial charge is 0.504 e. The van der Waals surface area contributed by atoms with Crippen LogP contribution in [0.1, 0.15) is 111 Å². The molecule has 9 unspecified atom stereocenters. The van der Waals surface area contributed by atoms with Gasteiger partial charge < -0.3 is 14.6 Å². The first kappa shape index (κ1) is 31.2. The van der Waals surface area contributed by atoms with Crippen LogP contribution in [0.5, 0.6) is 11.5 Å². The van der Waals surface area contributed by atoms with E-state index in [0.717, 1.165) is 48.0 Å². The summed E-state index contributed by atoms with van der Waals surface area (Å²) >= 11 is 0. The minimum Gasteiger partial charge on any atom is -0.504 e. The van der Waals surface area contributed by atoms with E-state index in [9.17, 15) is 9.90 Å². The van der Waals surface area contributed by atoms with Crippen molar-refractivity contribution >= 4 is 12.0 Å². The molecular weight excluding hydrogens is 520 g/mol. The monoisotopic (exact) mass is 576 g/mol. The highest BCUT2D eigenvalue weighted by Gasteiger charge is 2.60. The van der Waals surface area contributed by atoms with Crippen molar-refractivity contribution in [1.29, 1.82) is 0 Å². The molecule has 4 aliphatic rings. The highest BCUT2D eigenvalue weighted by atomic mass is 16.5. The lowest BCUT2D eigenvalue weighted by molar-refractivity contribution is -0.157. The molecule has 9 atom stereocenters. The molecule has 0 radical (unpaired) electrons. The zero-order valence-corrected chi connectivity index (χ0v) is 27.2. The van der Waals surface area contributed by atoms with E-state index in [1.165, 1.54) is 76.5 Å². The fourth-order valence-corrected chi connectivity index (χ4v) is 10.4. The van der Waals surface area contributed by atoms with Crippen LogP contribution in [0.4, 0.5) is 0 Å². The van der Waals surface area contributed by atoms with E-state index in [1.54, 1.807) is 24.3 Å². The van der Waals surface area contributed by atoms with Crippen molar-refractivity contribution in [3.05, 3.63) is 42.0 Å². The van der Waals surface area contributed by atoms with Crippen LogP contribution < -0.4 is 4.74 Å². The molecule has 1 N–H and O–H groups in total. The molecule has 0 heterocycles. The molecule has 1 aromatic rings. The van der Waals surface area contributed by atoms with Crippen LogP contribution in [0.25, 0.3) is 6.08 Å². The topological polar surface area (TPSA) is 55.8 Å². The van der Waals surface area contributed by atoms with Gasteiger partial charge in [0, 0.05) is 6.08 Å². The van der Waals surface area contributed by atoms with Crippen LogP contribution in [-0.4, -0.2) is 24.3 Å². The maximum Gasteiger partial charge on any atom is 0.331 e. The van der Waals surface area contributed by atoms with Gasteiger partial charge in [0.1, 0.15) is 6.10 Å². The van der Waals surface area contributed by atoms with Crippen LogP contribution >= 0.6 is 0 Å². The second kappa shape index (κ2) is 12.4. The highest BCUT2D eigenvalue weighted by molar-refractivity contribution is 5.87. The number of methoxy groups -OCH3 is 1. The number of aromatic hydroxyl groups is 1. The number of phenols is 1. The van der Waals surface area contributed by atoms with E-state index >= 15 is 0 Å². The molecule has 0 amide bonds. The summed E-state index contributed by atoms with van der Waals surface area (Å²) in [6.45, 7) is 16.7. The quantitative estimate of drug-likeness (QED) is 0.181. The number of ether oxygens (including phenoxy) is 2. The van der Waals surface area contributed by atoms with Gasteiger partial charge in [-0.3, -0.25) is 0 Å². The van der Waals surface area contributed by atoms with Crippen molar-refractivity contribution in [3.63, 3.8) is 0 Å². The molecule has 4 fully saturated rings. The van der Waals surface area contributed by atoms with Gasteiger partial charge in [0.05, 0.1) is 7.11 Å². The Hall–Kier alpha value is -2.23. The number of allylic oxidation sites excluding steroid dienone is 1. The minimum atomic E-state index is -0.277. The number of benzene rings is 1. The molecule has 1 aromatic carbocycles. The molecule has 232 valence electrons. The summed E-state index contributed by atoms with van der Waals surface area (Å²) in [5.74, 6) is 5.68. The first-order valence-electron chi connectivity index (χ1n) is 16.9. The minimum absolute atomic E-state index is 0.0114. The molecule has 0 spiro atoms. The zero-order chi connectivity index (χ0) is 30.2. The Balaban J connectivity index is 1.18. The number of rotatable bonds is 9. The summed E-state index contributed by atoms with van der Waals surface area (Å²) in [6.07, 6.45) is 17.2. The van der Waals surface area contributed by atoms with Gasteiger partial charge >= 0.3 is 5.97 Å². The van der Waals surface area contributed by atoms with Crippen LogP contribution in [0.3, 0.4) is 0 Å². The van der Waals surface area contributed by atoms with Crippen LogP contribution in [0.15, 0.2) is 36.4 Å². The van der Waals surface area contributed by atoms with Gasteiger partial charge in [-0.15, -0.1) is 0 Å². The first-order chi connectivity index (χ1) is 20.0. The van der Waals surface area contributed by atoms with Gasteiger partial charge in [0.15, 0.2) is 11.5 Å². The Morgan fingerprint density at radius 1 is 1.05 bits per heavy atom. The molecule has 0 aliphatic heterocycles. The SMILES string of the molecule is C=C(CCC(C)C1CCC2C3CCC4CC(OC(=O)C=Cc5ccc(O)c(OC)c5)CCC4(C)C3CCC12C)C(C)C. The summed E-state index contributed by atoms with van der Waals surface area (Å²) in [6, 6.07) is 5.06. The lowest BCUT2D eigenvalue weighted by Gasteiger charge is -2.61. The molecule has 4 aliphatic carbocycles. The van der Waals surface area contributed by atoms with Crippen molar-refractivity contribution < 1.29 is 19.4 Å². The summed E-state index contributed by atoms with van der Waals surface area (Å²) in [5, 5.41) is 9.82. The fraction of sp³-hybridized carbons (Fsp3) is 0.711. The van der Waals surface area contributed by atoms with Crippen molar-refractivity contribution in [2.45, 2.75) is 111 Å². The standard InChI is InChI=1S/C38H56O4/c1-24(2)25(3)8-9-26(4)31-14-15-32-30-13-12-28-23-29(18-20-37(28,5)33(30)19-21-38(31,32)6)42-36(40)17-11-27-10-16-34(39)35(22-27)41-7/h10-11,16-17,22,24,26,28-33,39H,3,8-9,12-15,18-21,23H2,1-2,4-7H3. The lowest BCUT2D eigenvalue weighted by Crippen LogP contribution is -2.54. The molecule has 4 saturated carbocycles. The van der Waals surface area contributed by atoms with Gasteiger partial charge in [-0.2, -0.15) is 0 Å². The third kappa shape index (κ3) is 5.93. The zero-order valence-electron chi connectivity index (χ0n) is 27.2. The summed E-state index contributed by atoms with van der Waals surface area (Å²) in [7, 11) is 1.52. The van der Waals surface area contributed by atoms with E-state index < -0.39 is 0 Å². The smallest absolute Gasteiger partial charge is 0.331 e. The van der Waals surface area contributed by atoms with Crippen LogP contribution in [0, 0.1) is 52.3 Å². The normalized spacial score (nSPS) is 36.6. The molecule has 4 nitrogen and oxygen atoms in total. The molecular formula is C38H56O4. The second-order valence-electron chi connectivity index (χ2n) is 15.3. The predicted octanol–water partition coefficient (Wildman–Crippen LogP) is 9.61. The number of hydrogen-bond acceptors (Lipinski definition) is 4. The molecule has 42 heavy (non-hydrogen) atoms. The number of carbonyl (C=O) groups is 1. The van der Waals surface area contributed by atoms with Gasteiger partial charge in [-0.25, -0.2) is 4.79 Å².